The van der Waals surface area contributed by atoms with Gasteiger partial charge < -0.3 is 19.9 Å². The van der Waals surface area contributed by atoms with Crippen molar-refractivity contribution in [1.29, 1.82) is 0 Å². The minimum Gasteiger partial charge on any atom is -0.378 e. The van der Waals surface area contributed by atoms with Crippen LogP contribution in [-0.2, 0) is 4.74 Å². The molecule has 1 saturated heterocycles. The van der Waals surface area contributed by atoms with Gasteiger partial charge in [0.05, 0.1) is 35.8 Å². The molecule has 0 unspecified atom stereocenters. The molecule has 0 saturated carbocycles. The van der Waals surface area contributed by atoms with Crippen LogP contribution >= 0.6 is 0 Å². The number of rotatable bonds is 4. The van der Waals surface area contributed by atoms with E-state index in [0.29, 0.717) is 5.56 Å². The highest BCUT2D eigenvalue weighted by atomic mass is 16.5. The molecule has 6 nitrogen and oxygen atoms in total. The van der Waals surface area contributed by atoms with E-state index in [9.17, 15) is 4.79 Å². The van der Waals surface area contributed by atoms with Crippen molar-refractivity contribution < 1.29 is 9.53 Å². The number of carbonyl (C=O) groups excluding carboxylic acids is 1. The lowest BCUT2D eigenvalue weighted by Crippen LogP contribution is -2.36. The summed E-state index contributed by atoms with van der Waals surface area (Å²) < 4.78 is 5.47. The molecule has 164 valence electrons. The molecule has 2 aliphatic rings. The first-order valence-corrected chi connectivity index (χ1v) is 11.3. The van der Waals surface area contributed by atoms with Crippen LogP contribution in [0.2, 0.25) is 0 Å². The molecule has 0 radical (unpaired) electrons. The highest BCUT2D eigenvalue weighted by Crippen LogP contribution is 2.40. The van der Waals surface area contributed by atoms with E-state index in [-0.39, 0.29) is 5.91 Å². The van der Waals surface area contributed by atoms with Crippen LogP contribution in [0.1, 0.15) is 29.3 Å². The van der Waals surface area contributed by atoms with Gasteiger partial charge in [-0.2, -0.15) is 0 Å². The zero-order valence-electron chi connectivity index (χ0n) is 18.6. The van der Waals surface area contributed by atoms with E-state index < -0.39 is 0 Å². The Bertz CT molecular complexity index is 1150. The Kier molecular flexibility index (Phi) is 5.53. The van der Waals surface area contributed by atoms with Gasteiger partial charge in [0, 0.05) is 25.8 Å². The maximum atomic E-state index is 13.3. The average molecular weight is 429 g/mol. The molecule has 0 aliphatic carbocycles. The fourth-order valence-electron chi connectivity index (χ4n) is 4.47. The Morgan fingerprint density at radius 1 is 1.00 bits per heavy atom. The fourth-order valence-corrected chi connectivity index (χ4v) is 4.47. The molecule has 0 atom stereocenters. The van der Waals surface area contributed by atoms with Crippen LogP contribution in [0, 0.1) is 6.92 Å². The van der Waals surface area contributed by atoms with Crippen molar-refractivity contribution in [2.45, 2.75) is 20.3 Å². The molecular weight excluding hydrogens is 400 g/mol. The number of anilines is 4. The molecule has 6 heteroatoms. The number of aryl methyl sites for hydroxylation is 1. The van der Waals surface area contributed by atoms with Crippen molar-refractivity contribution >= 4 is 28.8 Å². The van der Waals surface area contributed by atoms with E-state index in [1.807, 2.05) is 31.3 Å². The number of aromatic nitrogens is 1. The largest absolute Gasteiger partial charge is 0.378 e. The molecule has 2 aromatic carbocycles. The number of nitrogens with one attached hydrogen (secondary N) is 1. The molecule has 5 rings (SSSR count). The summed E-state index contributed by atoms with van der Waals surface area (Å²) in [6.07, 6.45) is 2.82. The number of pyridine rings is 1. The summed E-state index contributed by atoms with van der Waals surface area (Å²) >= 11 is 0. The molecule has 32 heavy (non-hydrogen) atoms. The summed E-state index contributed by atoms with van der Waals surface area (Å²) in [7, 11) is 0. The lowest BCUT2D eigenvalue weighted by molar-refractivity contribution is 0.102. The Morgan fingerprint density at radius 2 is 1.78 bits per heavy atom. The molecule has 0 bridgehead atoms. The summed E-state index contributed by atoms with van der Waals surface area (Å²) in [5.74, 6) is 0.871. The molecule has 1 aromatic heterocycles. The van der Waals surface area contributed by atoms with E-state index in [0.717, 1.165) is 78.8 Å². The highest BCUT2D eigenvalue weighted by Gasteiger charge is 2.25. The third-order valence-corrected chi connectivity index (χ3v) is 6.08. The van der Waals surface area contributed by atoms with Gasteiger partial charge in [0.1, 0.15) is 5.82 Å². The number of amides is 1. The van der Waals surface area contributed by atoms with E-state index in [1.165, 1.54) is 0 Å². The van der Waals surface area contributed by atoms with E-state index >= 15 is 0 Å². The minimum absolute atomic E-state index is 0.0743. The fraction of sp³-hybridized carbons (Fsp3) is 0.308. The number of benzene rings is 2. The predicted molar refractivity (Wildman–Crippen MR) is 129 cm³/mol. The van der Waals surface area contributed by atoms with Gasteiger partial charge in [0.2, 0.25) is 0 Å². The first-order valence-electron chi connectivity index (χ1n) is 11.3. The first-order chi connectivity index (χ1) is 15.6. The van der Waals surface area contributed by atoms with Crippen molar-refractivity contribution in [2.24, 2.45) is 0 Å². The van der Waals surface area contributed by atoms with Gasteiger partial charge in [0.15, 0.2) is 0 Å². The third-order valence-electron chi connectivity index (χ3n) is 6.08. The molecular formula is C26H28N4O2. The van der Waals surface area contributed by atoms with Gasteiger partial charge in [-0.25, -0.2) is 4.98 Å². The van der Waals surface area contributed by atoms with Gasteiger partial charge in [-0.15, -0.1) is 0 Å². The molecule has 0 spiro atoms. The molecule has 1 N–H and O–H groups in total. The van der Waals surface area contributed by atoms with Crippen molar-refractivity contribution in [3.63, 3.8) is 0 Å². The van der Waals surface area contributed by atoms with Crippen LogP contribution in [0.25, 0.3) is 11.1 Å². The standard InChI is InChI=1S/C26H28N4O2/c1-3-10-30-23-7-5-19(20-8-9-27-25(17-20)29-11-13-32-14-12-29)16-21(23)26(31)28-22-15-18(2)4-6-24(22)30/h4-9,15-17H,3,10-14H2,1-2H3,(H,28,31). The van der Waals surface area contributed by atoms with Crippen LogP contribution in [0.4, 0.5) is 22.9 Å². The highest BCUT2D eigenvalue weighted by molar-refractivity contribution is 6.13. The molecule has 1 amide bonds. The Balaban J connectivity index is 1.55. The van der Waals surface area contributed by atoms with Gasteiger partial charge in [-0.3, -0.25) is 4.79 Å². The maximum absolute atomic E-state index is 13.3. The number of hydrogen-bond acceptors (Lipinski definition) is 5. The lowest BCUT2D eigenvalue weighted by atomic mass is 10.0. The normalized spacial score (nSPS) is 15.6. The zero-order valence-corrected chi connectivity index (χ0v) is 18.6. The maximum Gasteiger partial charge on any atom is 0.257 e. The van der Waals surface area contributed by atoms with Crippen LogP contribution < -0.4 is 15.1 Å². The lowest BCUT2D eigenvalue weighted by Gasteiger charge is -2.28. The van der Waals surface area contributed by atoms with Crippen molar-refractivity contribution in [3.05, 3.63) is 65.9 Å². The summed E-state index contributed by atoms with van der Waals surface area (Å²) in [6, 6.07) is 16.5. The minimum atomic E-state index is -0.0743. The smallest absolute Gasteiger partial charge is 0.257 e. The van der Waals surface area contributed by atoms with Gasteiger partial charge >= 0.3 is 0 Å². The molecule has 3 heterocycles. The van der Waals surface area contributed by atoms with Crippen LogP contribution in [0.15, 0.2) is 54.7 Å². The second kappa shape index (κ2) is 8.63. The van der Waals surface area contributed by atoms with E-state index in [2.05, 4.69) is 57.4 Å². The van der Waals surface area contributed by atoms with Crippen LogP contribution in [0.3, 0.4) is 0 Å². The number of carbonyl (C=O) groups is 1. The monoisotopic (exact) mass is 428 g/mol. The topological polar surface area (TPSA) is 57.7 Å². The number of fused-ring (bicyclic) bond motifs is 2. The van der Waals surface area contributed by atoms with E-state index in [4.69, 9.17) is 4.74 Å². The van der Waals surface area contributed by atoms with Gasteiger partial charge in [-0.05, 0) is 66.4 Å². The van der Waals surface area contributed by atoms with Crippen LogP contribution in [0.5, 0.6) is 0 Å². The zero-order chi connectivity index (χ0) is 22.1. The van der Waals surface area contributed by atoms with Crippen molar-refractivity contribution in [3.8, 4) is 11.1 Å². The Labute approximate surface area is 188 Å². The Morgan fingerprint density at radius 3 is 2.59 bits per heavy atom. The second-order valence-corrected chi connectivity index (χ2v) is 8.36. The quantitative estimate of drug-likeness (QED) is 0.633. The molecule has 1 fully saturated rings. The second-order valence-electron chi connectivity index (χ2n) is 8.36. The summed E-state index contributed by atoms with van der Waals surface area (Å²) in [5, 5.41) is 3.13. The number of ether oxygens (including phenoxy) is 1. The van der Waals surface area contributed by atoms with Gasteiger partial charge in [0.25, 0.3) is 5.91 Å². The number of morpholine rings is 1. The molecule has 2 aliphatic heterocycles. The van der Waals surface area contributed by atoms with Gasteiger partial charge in [-0.1, -0.05) is 19.1 Å². The van der Waals surface area contributed by atoms with Crippen molar-refractivity contribution in [1.82, 2.24) is 4.98 Å². The summed E-state index contributed by atoms with van der Waals surface area (Å²) in [4.78, 5) is 22.3. The number of hydrogen-bond donors (Lipinski definition) is 1. The van der Waals surface area contributed by atoms with Crippen molar-refractivity contribution in [2.75, 3.05) is 48.0 Å². The average Bonchev–Trinajstić information content (AvgIpc) is 2.94. The number of nitrogens with zero attached hydrogens (tertiary/aromatic N) is 3. The SMILES string of the molecule is CCCN1c2ccc(C)cc2NC(=O)c2cc(-c3ccnc(N4CCOCC4)c3)ccc21. The summed E-state index contributed by atoms with van der Waals surface area (Å²) in [5.41, 5.74) is 6.72. The predicted octanol–water partition coefficient (Wildman–Crippen LogP) is 5.01. The summed E-state index contributed by atoms with van der Waals surface area (Å²) in [6.45, 7) is 8.16. The first kappa shape index (κ1) is 20.5. The Hall–Kier alpha value is -3.38. The van der Waals surface area contributed by atoms with E-state index in [1.54, 1.807) is 0 Å². The third kappa shape index (κ3) is 3.82. The molecule has 3 aromatic rings. The van der Waals surface area contributed by atoms with Crippen LogP contribution in [-0.4, -0.2) is 43.7 Å².